The Kier molecular flexibility index (Phi) is 10.8. The normalized spacial score (nSPS) is 16.6. The highest BCUT2D eigenvalue weighted by molar-refractivity contribution is 6.74. The van der Waals surface area contributed by atoms with E-state index in [9.17, 15) is 5.11 Å². The van der Waals surface area contributed by atoms with Crippen molar-refractivity contribution in [1.29, 1.82) is 0 Å². The van der Waals surface area contributed by atoms with Gasteiger partial charge in [-0.1, -0.05) is 108 Å². The topological polar surface area (TPSA) is 38.7 Å². The molecule has 234 valence electrons. The van der Waals surface area contributed by atoms with Crippen molar-refractivity contribution in [2.75, 3.05) is 14.2 Å². The number of fused-ring (bicyclic) bond motifs is 2. The Bertz CT molecular complexity index is 1330. The van der Waals surface area contributed by atoms with E-state index >= 15 is 0 Å². The first-order valence-electron chi connectivity index (χ1n) is 15.6. The van der Waals surface area contributed by atoms with Crippen molar-refractivity contribution < 1.29 is 14.0 Å². The van der Waals surface area contributed by atoms with Crippen LogP contribution in [-0.4, -0.2) is 36.0 Å². The summed E-state index contributed by atoms with van der Waals surface area (Å²) in [6, 6.07) is 25.2. The maximum Gasteiger partial charge on any atom is 0.191 e. The number of rotatable bonds is 3. The summed E-state index contributed by atoms with van der Waals surface area (Å²) in [5, 5.41) is 10.3. The first kappa shape index (κ1) is 35.0. The van der Waals surface area contributed by atoms with Crippen molar-refractivity contribution in [1.82, 2.24) is 0 Å². The molecule has 0 unspecified atom stereocenters. The summed E-state index contributed by atoms with van der Waals surface area (Å²) in [6.07, 6.45) is 5.67. The van der Waals surface area contributed by atoms with Crippen LogP contribution in [0.25, 0.3) is 11.6 Å². The molecular formula is C38H56O3Si2. The second-order valence-corrected chi connectivity index (χ2v) is 25.2. The predicted molar refractivity (Wildman–Crippen MR) is 191 cm³/mol. The second-order valence-electron chi connectivity index (χ2n) is 15.3. The minimum Gasteiger partial charge on any atom is -0.508 e. The van der Waals surface area contributed by atoms with Crippen LogP contribution in [0.1, 0.15) is 69.4 Å². The van der Waals surface area contributed by atoms with E-state index in [1.54, 1.807) is 12.1 Å². The molecule has 0 atom stereocenters. The molecular weight excluding hydrogens is 561 g/mol. The Balaban J connectivity index is 0.000000234. The fraction of sp³-hybridized carbons (Fsp3) is 0.474. The zero-order valence-corrected chi connectivity index (χ0v) is 30.9. The van der Waals surface area contributed by atoms with E-state index in [0.717, 1.165) is 24.8 Å². The van der Waals surface area contributed by atoms with E-state index in [4.69, 9.17) is 8.85 Å². The zero-order valence-electron chi connectivity index (χ0n) is 28.9. The number of allylic oxidation sites excluding steroid dienone is 1. The van der Waals surface area contributed by atoms with Crippen LogP contribution in [0, 0.1) is 5.41 Å². The van der Waals surface area contributed by atoms with E-state index in [2.05, 4.69) is 122 Å². The first-order chi connectivity index (χ1) is 19.9. The lowest BCUT2D eigenvalue weighted by atomic mass is 9.77. The van der Waals surface area contributed by atoms with Crippen LogP contribution in [0.4, 0.5) is 0 Å². The van der Waals surface area contributed by atoms with Crippen molar-refractivity contribution in [3.63, 3.8) is 0 Å². The third-order valence-electron chi connectivity index (χ3n) is 10.4. The molecule has 0 bridgehead atoms. The number of phenols is 1. The molecule has 0 fully saturated rings. The quantitative estimate of drug-likeness (QED) is 0.298. The van der Waals surface area contributed by atoms with E-state index in [1.807, 2.05) is 26.4 Å². The fourth-order valence-corrected chi connectivity index (χ4v) is 6.50. The van der Waals surface area contributed by atoms with Gasteiger partial charge in [0, 0.05) is 19.6 Å². The SMILES string of the molecule is CO[Si](C)(C)C(C)(C)C.CO[Si](C)(C)C(C)(C)C.Oc1ccc(C=C2c3ccccc3CC23Cc2ccccc2C3)cc1. The van der Waals surface area contributed by atoms with Gasteiger partial charge >= 0.3 is 0 Å². The Hall–Kier alpha value is -2.45. The lowest BCUT2D eigenvalue weighted by molar-refractivity contribution is 0.373. The number of hydrogen-bond donors (Lipinski definition) is 1. The van der Waals surface area contributed by atoms with Gasteiger partial charge in [-0.05, 0) is 101 Å². The molecule has 5 heteroatoms. The Morgan fingerprint density at radius 2 is 1.02 bits per heavy atom. The van der Waals surface area contributed by atoms with Crippen molar-refractivity contribution in [3.05, 3.63) is 101 Å². The number of benzene rings is 3. The average Bonchev–Trinajstić information content (AvgIpc) is 3.45. The highest BCUT2D eigenvalue weighted by atomic mass is 28.4. The van der Waals surface area contributed by atoms with Crippen LogP contribution in [0.3, 0.4) is 0 Å². The van der Waals surface area contributed by atoms with Crippen molar-refractivity contribution in [2.24, 2.45) is 5.41 Å². The van der Waals surface area contributed by atoms with Gasteiger partial charge in [-0.3, -0.25) is 0 Å². The first-order valence-corrected chi connectivity index (χ1v) is 21.4. The van der Waals surface area contributed by atoms with Gasteiger partial charge in [0.1, 0.15) is 5.75 Å². The molecule has 0 aliphatic heterocycles. The molecule has 0 heterocycles. The van der Waals surface area contributed by atoms with Crippen LogP contribution in [0.15, 0.2) is 72.8 Å². The van der Waals surface area contributed by atoms with Gasteiger partial charge in [-0.2, -0.15) is 0 Å². The van der Waals surface area contributed by atoms with Gasteiger partial charge < -0.3 is 14.0 Å². The highest BCUT2D eigenvalue weighted by Gasteiger charge is 2.45. The number of hydrogen-bond acceptors (Lipinski definition) is 3. The fourth-order valence-electron chi connectivity index (χ4n) is 5.27. The smallest absolute Gasteiger partial charge is 0.191 e. The summed E-state index contributed by atoms with van der Waals surface area (Å²) in [7, 11) is 0.876. The van der Waals surface area contributed by atoms with Gasteiger partial charge in [0.25, 0.3) is 0 Å². The molecule has 1 N–H and O–H groups in total. The third-order valence-corrected chi connectivity index (χ3v) is 19.7. The minimum atomic E-state index is -1.38. The van der Waals surface area contributed by atoms with Gasteiger partial charge in [-0.15, -0.1) is 0 Å². The minimum absolute atomic E-state index is 0.172. The largest absolute Gasteiger partial charge is 0.508 e. The van der Waals surface area contributed by atoms with Gasteiger partial charge in [0.05, 0.1) is 0 Å². The highest BCUT2D eigenvalue weighted by Crippen LogP contribution is 2.55. The van der Waals surface area contributed by atoms with Crippen LogP contribution < -0.4 is 0 Å². The summed E-state index contributed by atoms with van der Waals surface area (Å²) in [5.41, 5.74) is 8.61. The van der Waals surface area contributed by atoms with Gasteiger partial charge in [0.15, 0.2) is 16.6 Å². The molecule has 3 nitrogen and oxygen atoms in total. The lowest BCUT2D eigenvalue weighted by Gasteiger charge is -2.34. The monoisotopic (exact) mass is 616 g/mol. The standard InChI is InChI=1S/C24H20O.2C7H18OSi/c25-21-11-9-17(10-12-21)13-23-22-8-4-3-7-20(22)16-24(23)14-18-5-1-2-6-19(18)15-24;2*1-7(2,3)9(5,6)8-4/h1-13,25H,14-16H2;2*1-6H3. The zero-order chi connectivity index (χ0) is 32.3. The third kappa shape index (κ3) is 8.19. The van der Waals surface area contributed by atoms with Crippen LogP contribution >= 0.6 is 0 Å². The Morgan fingerprint density at radius 3 is 1.42 bits per heavy atom. The Morgan fingerprint density at radius 1 is 0.628 bits per heavy atom. The summed E-state index contributed by atoms with van der Waals surface area (Å²) >= 11 is 0. The summed E-state index contributed by atoms with van der Waals surface area (Å²) in [4.78, 5) is 0. The molecule has 0 saturated carbocycles. The molecule has 1 spiro atoms. The predicted octanol–water partition coefficient (Wildman–Crippen LogP) is 10.6. The molecule has 2 aliphatic rings. The van der Waals surface area contributed by atoms with E-state index < -0.39 is 16.6 Å². The van der Waals surface area contributed by atoms with Crippen molar-refractivity contribution in [3.8, 4) is 5.75 Å². The molecule has 2 aliphatic carbocycles. The molecule has 0 saturated heterocycles. The van der Waals surface area contributed by atoms with E-state index in [0.29, 0.717) is 15.8 Å². The van der Waals surface area contributed by atoms with Crippen LogP contribution in [0.2, 0.25) is 36.3 Å². The summed E-state index contributed by atoms with van der Waals surface area (Å²) < 4.78 is 10.9. The van der Waals surface area contributed by atoms with E-state index in [-0.39, 0.29) is 5.41 Å². The maximum atomic E-state index is 9.58. The molecule has 43 heavy (non-hydrogen) atoms. The molecule has 3 aromatic carbocycles. The average molecular weight is 617 g/mol. The van der Waals surface area contributed by atoms with Gasteiger partial charge in [-0.25, -0.2) is 0 Å². The molecule has 3 aromatic rings. The lowest BCUT2D eigenvalue weighted by Crippen LogP contribution is -2.39. The second kappa shape index (κ2) is 13.3. The molecule has 0 aromatic heterocycles. The van der Waals surface area contributed by atoms with Crippen molar-refractivity contribution in [2.45, 2.75) is 97.1 Å². The van der Waals surface area contributed by atoms with E-state index in [1.165, 1.54) is 27.8 Å². The molecule has 0 radical (unpaired) electrons. The number of phenolic OH excluding ortho intramolecular Hbond substituents is 1. The maximum absolute atomic E-state index is 9.58. The summed E-state index contributed by atoms with van der Waals surface area (Å²) in [5.74, 6) is 0.317. The number of aromatic hydroxyl groups is 1. The molecule has 5 rings (SSSR count). The van der Waals surface area contributed by atoms with Crippen molar-refractivity contribution >= 4 is 28.3 Å². The molecule has 0 amide bonds. The van der Waals surface area contributed by atoms with Crippen LogP contribution in [-0.2, 0) is 28.1 Å². The Labute approximate surface area is 264 Å². The van der Waals surface area contributed by atoms with Gasteiger partial charge in [0.2, 0.25) is 0 Å². The van der Waals surface area contributed by atoms with Crippen LogP contribution in [0.5, 0.6) is 5.75 Å². The summed E-state index contributed by atoms with van der Waals surface area (Å²) in [6.45, 7) is 22.4.